The van der Waals surface area contributed by atoms with Gasteiger partial charge in [0, 0.05) is 6.54 Å². The maximum absolute atomic E-state index is 12.4. The Hall–Kier alpha value is -2.33. The van der Waals surface area contributed by atoms with Crippen molar-refractivity contribution in [1.29, 1.82) is 0 Å². The van der Waals surface area contributed by atoms with Gasteiger partial charge in [-0.05, 0) is 36.5 Å². The maximum Gasteiger partial charge on any atom is 0.341 e. The molecule has 1 saturated heterocycles. The predicted molar refractivity (Wildman–Crippen MR) is 89.6 cm³/mol. The SMILES string of the molecule is Cc1ccccc1C1CCCN1C(=O)NOCc1ccccc1. The number of likely N-dealkylation sites (tertiary alicyclic amines) is 1. The Bertz CT molecular complexity index is 657. The molecule has 0 saturated carbocycles. The van der Waals surface area contributed by atoms with Crippen molar-refractivity contribution in [2.45, 2.75) is 32.4 Å². The molecule has 23 heavy (non-hydrogen) atoms. The fraction of sp³-hybridized carbons (Fsp3) is 0.316. The van der Waals surface area contributed by atoms with Gasteiger partial charge in [0.2, 0.25) is 0 Å². The zero-order valence-corrected chi connectivity index (χ0v) is 13.4. The van der Waals surface area contributed by atoms with E-state index in [1.165, 1.54) is 11.1 Å². The van der Waals surface area contributed by atoms with E-state index in [4.69, 9.17) is 4.84 Å². The topological polar surface area (TPSA) is 41.6 Å². The summed E-state index contributed by atoms with van der Waals surface area (Å²) in [6, 6.07) is 18.0. The fourth-order valence-electron chi connectivity index (χ4n) is 3.11. The first-order chi connectivity index (χ1) is 11.3. The second kappa shape index (κ2) is 7.29. The largest absolute Gasteiger partial charge is 0.341 e. The van der Waals surface area contributed by atoms with Crippen molar-refractivity contribution in [3.63, 3.8) is 0 Å². The number of nitrogens with one attached hydrogen (secondary N) is 1. The van der Waals surface area contributed by atoms with Crippen LogP contribution >= 0.6 is 0 Å². The summed E-state index contributed by atoms with van der Waals surface area (Å²) in [4.78, 5) is 19.7. The molecule has 1 aliphatic heterocycles. The lowest BCUT2D eigenvalue weighted by molar-refractivity contribution is 0.0351. The van der Waals surface area contributed by atoms with Gasteiger partial charge in [0.05, 0.1) is 12.6 Å². The van der Waals surface area contributed by atoms with Crippen LogP contribution in [-0.2, 0) is 11.4 Å². The van der Waals surface area contributed by atoms with Gasteiger partial charge in [0.25, 0.3) is 0 Å². The van der Waals surface area contributed by atoms with Crippen LogP contribution in [0.4, 0.5) is 4.79 Å². The molecular weight excluding hydrogens is 288 g/mol. The highest BCUT2D eigenvalue weighted by Gasteiger charge is 2.30. The van der Waals surface area contributed by atoms with Crippen molar-refractivity contribution in [3.05, 3.63) is 71.3 Å². The molecule has 2 amide bonds. The number of hydrogen-bond acceptors (Lipinski definition) is 2. The number of amides is 2. The fourth-order valence-corrected chi connectivity index (χ4v) is 3.11. The molecule has 1 N–H and O–H groups in total. The van der Waals surface area contributed by atoms with E-state index in [2.05, 4.69) is 24.5 Å². The van der Waals surface area contributed by atoms with Crippen LogP contribution in [0.25, 0.3) is 0 Å². The van der Waals surface area contributed by atoms with Crippen LogP contribution in [-0.4, -0.2) is 17.5 Å². The molecule has 1 fully saturated rings. The lowest BCUT2D eigenvalue weighted by Crippen LogP contribution is -2.39. The van der Waals surface area contributed by atoms with Gasteiger partial charge in [-0.15, -0.1) is 0 Å². The van der Waals surface area contributed by atoms with E-state index in [9.17, 15) is 4.79 Å². The third-order valence-electron chi connectivity index (χ3n) is 4.30. The molecule has 1 atom stereocenters. The Morgan fingerprint density at radius 3 is 2.70 bits per heavy atom. The van der Waals surface area contributed by atoms with Crippen LogP contribution < -0.4 is 5.48 Å². The molecule has 1 aliphatic rings. The Morgan fingerprint density at radius 1 is 1.17 bits per heavy atom. The molecule has 0 radical (unpaired) electrons. The number of hydrogen-bond donors (Lipinski definition) is 1. The molecule has 120 valence electrons. The van der Waals surface area contributed by atoms with Crippen LogP contribution in [0.2, 0.25) is 0 Å². The van der Waals surface area contributed by atoms with Crippen LogP contribution in [0.1, 0.15) is 35.6 Å². The van der Waals surface area contributed by atoms with Gasteiger partial charge in [-0.1, -0.05) is 54.6 Å². The van der Waals surface area contributed by atoms with Crippen molar-refractivity contribution in [2.75, 3.05) is 6.54 Å². The summed E-state index contributed by atoms with van der Waals surface area (Å²) in [5, 5.41) is 0. The summed E-state index contributed by atoms with van der Waals surface area (Å²) in [6.07, 6.45) is 2.02. The second-order valence-corrected chi connectivity index (χ2v) is 5.89. The Morgan fingerprint density at radius 2 is 1.91 bits per heavy atom. The number of aryl methyl sites for hydroxylation is 1. The molecule has 2 aromatic rings. The first-order valence-corrected chi connectivity index (χ1v) is 8.03. The van der Waals surface area contributed by atoms with Crippen LogP contribution in [0.15, 0.2) is 54.6 Å². The highest BCUT2D eigenvalue weighted by Crippen LogP contribution is 2.33. The first kappa shape index (κ1) is 15.6. The van der Waals surface area contributed by atoms with Gasteiger partial charge in [0.1, 0.15) is 0 Å². The molecule has 2 aromatic carbocycles. The summed E-state index contributed by atoms with van der Waals surface area (Å²) in [6.45, 7) is 3.23. The molecule has 0 bridgehead atoms. The standard InChI is InChI=1S/C19H22N2O2/c1-15-8-5-6-11-17(15)18-12-7-13-21(18)19(22)20-23-14-16-9-3-2-4-10-16/h2-6,8-11,18H,7,12-14H2,1H3,(H,20,22). The number of benzene rings is 2. The maximum atomic E-state index is 12.4. The molecule has 0 aliphatic carbocycles. The van der Waals surface area contributed by atoms with Crippen LogP contribution in [0.3, 0.4) is 0 Å². The molecular formula is C19H22N2O2. The molecule has 1 heterocycles. The minimum Gasteiger partial charge on any atom is -0.316 e. The van der Waals surface area contributed by atoms with Crippen molar-refractivity contribution >= 4 is 6.03 Å². The summed E-state index contributed by atoms with van der Waals surface area (Å²) in [5.74, 6) is 0. The van der Waals surface area contributed by atoms with Gasteiger partial charge in [-0.2, -0.15) is 0 Å². The minimum absolute atomic E-state index is 0.136. The quantitative estimate of drug-likeness (QED) is 0.868. The van der Waals surface area contributed by atoms with Crippen molar-refractivity contribution in [1.82, 2.24) is 10.4 Å². The summed E-state index contributed by atoms with van der Waals surface area (Å²) < 4.78 is 0. The number of urea groups is 1. The lowest BCUT2D eigenvalue weighted by Gasteiger charge is -2.26. The molecule has 4 nitrogen and oxygen atoms in total. The van der Waals surface area contributed by atoms with Gasteiger partial charge in [0.15, 0.2) is 0 Å². The molecule has 4 heteroatoms. The average molecular weight is 310 g/mol. The predicted octanol–water partition coefficient (Wildman–Crippen LogP) is 3.97. The van der Waals surface area contributed by atoms with Gasteiger partial charge >= 0.3 is 6.03 Å². The zero-order chi connectivity index (χ0) is 16.1. The molecule has 0 aromatic heterocycles. The van der Waals surface area contributed by atoms with Crippen molar-refractivity contribution in [3.8, 4) is 0 Å². The van der Waals surface area contributed by atoms with E-state index < -0.39 is 0 Å². The third kappa shape index (κ3) is 3.71. The van der Waals surface area contributed by atoms with Crippen molar-refractivity contribution < 1.29 is 9.63 Å². The number of hydroxylamine groups is 1. The summed E-state index contributed by atoms with van der Waals surface area (Å²) in [5.41, 5.74) is 6.06. The second-order valence-electron chi connectivity index (χ2n) is 5.89. The van der Waals surface area contributed by atoms with Gasteiger partial charge < -0.3 is 4.90 Å². The smallest absolute Gasteiger partial charge is 0.316 e. The van der Waals surface area contributed by atoms with E-state index in [-0.39, 0.29) is 12.1 Å². The Balaban J connectivity index is 1.59. The monoisotopic (exact) mass is 310 g/mol. The first-order valence-electron chi connectivity index (χ1n) is 8.03. The molecule has 0 spiro atoms. The number of nitrogens with zero attached hydrogens (tertiary/aromatic N) is 1. The third-order valence-corrected chi connectivity index (χ3v) is 4.30. The molecule has 1 unspecified atom stereocenters. The van der Waals surface area contributed by atoms with Gasteiger partial charge in [-0.3, -0.25) is 4.84 Å². The van der Waals surface area contributed by atoms with Gasteiger partial charge in [-0.25, -0.2) is 10.3 Å². The highest BCUT2D eigenvalue weighted by molar-refractivity contribution is 5.74. The Kier molecular flexibility index (Phi) is 4.93. The number of carbonyl (C=O) groups excluding carboxylic acids is 1. The number of rotatable bonds is 4. The van der Waals surface area contributed by atoms with E-state index in [0.717, 1.165) is 24.9 Å². The Labute approximate surface area is 137 Å². The van der Waals surface area contributed by atoms with E-state index in [1.807, 2.05) is 47.4 Å². The van der Waals surface area contributed by atoms with E-state index in [0.29, 0.717) is 6.61 Å². The van der Waals surface area contributed by atoms with Crippen LogP contribution in [0, 0.1) is 6.92 Å². The lowest BCUT2D eigenvalue weighted by atomic mass is 9.99. The normalized spacial score (nSPS) is 17.3. The van der Waals surface area contributed by atoms with Crippen molar-refractivity contribution in [2.24, 2.45) is 0 Å². The van der Waals surface area contributed by atoms with Crippen LogP contribution in [0.5, 0.6) is 0 Å². The van der Waals surface area contributed by atoms with E-state index >= 15 is 0 Å². The summed E-state index contributed by atoms with van der Waals surface area (Å²) >= 11 is 0. The minimum atomic E-state index is -0.160. The number of carbonyl (C=O) groups is 1. The summed E-state index contributed by atoms with van der Waals surface area (Å²) in [7, 11) is 0. The highest BCUT2D eigenvalue weighted by atomic mass is 16.7. The average Bonchev–Trinajstić information content (AvgIpc) is 3.06. The van der Waals surface area contributed by atoms with E-state index in [1.54, 1.807) is 0 Å². The molecule has 3 rings (SSSR count). The zero-order valence-electron chi connectivity index (χ0n) is 13.4.